The van der Waals surface area contributed by atoms with Crippen LogP contribution in [0.4, 0.5) is 11.4 Å². The summed E-state index contributed by atoms with van der Waals surface area (Å²) in [7, 11) is 0. The Morgan fingerprint density at radius 3 is 2.62 bits per heavy atom. The van der Waals surface area contributed by atoms with Crippen molar-refractivity contribution in [3.8, 4) is 0 Å². The van der Waals surface area contributed by atoms with Crippen LogP contribution in [0, 0.1) is 0 Å². The number of hydrogen-bond donors (Lipinski definition) is 2. The summed E-state index contributed by atoms with van der Waals surface area (Å²) in [5.41, 5.74) is 2.15. The van der Waals surface area contributed by atoms with Crippen molar-refractivity contribution in [1.82, 2.24) is 14.8 Å². The van der Waals surface area contributed by atoms with Crippen molar-refractivity contribution in [2.24, 2.45) is 0 Å². The van der Waals surface area contributed by atoms with Crippen LogP contribution in [-0.4, -0.2) is 26.6 Å². The van der Waals surface area contributed by atoms with Gasteiger partial charge >= 0.3 is 0 Å². The van der Waals surface area contributed by atoms with E-state index in [1.165, 1.54) is 11.3 Å². The molecule has 2 N–H and O–H groups in total. The van der Waals surface area contributed by atoms with Gasteiger partial charge in [-0.3, -0.25) is 9.59 Å². The average Bonchev–Trinajstić information content (AvgIpc) is 3.38. The molecule has 0 aliphatic carbocycles. The number of amides is 2. The lowest BCUT2D eigenvalue weighted by atomic mass is 10.1. The fourth-order valence-corrected chi connectivity index (χ4v) is 3.59. The summed E-state index contributed by atoms with van der Waals surface area (Å²) in [5.74, 6) is -0.575. The maximum absolute atomic E-state index is 12.8. The highest BCUT2D eigenvalue weighted by molar-refractivity contribution is 7.12. The molecule has 0 aliphatic rings. The largest absolute Gasteiger partial charge is 0.321 e. The van der Waals surface area contributed by atoms with Crippen molar-refractivity contribution in [3.63, 3.8) is 0 Å². The first-order valence-corrected chi connectivity index (χ1v) is 9.99. The van der Waals surface area contributed by atoms with Gasteiger partial charge in [-0.25, -0.2) is 9.67 Å². The lowest BCUT2D eigenvalue weighted by Crippen LogP contribution is -2.17. The van der Waals surface area contributed by atoms with Gasteiger partial charge in [0, 0.05) is 11.4 Å². The highest BCUT2D eigenvalue weighted by atomic mass is 32.1. The minimum atomic E-state index is -0.329. The number of aromatic nitrogens is 3. The Morgan fingerprint density at radius 1 is 1.03 bits per heavy atom. The molecule has 0 aliphatic heterocycles. The summed E-state index contributed by atoms with van der Waals surface area (Å²) >= 11 is 1.34. The van der Waals surface area contributed by atoms with E-state index < -0.39 is 0 Å². The van der Waals surface area contributed by atoms with Crippen LogP contribution in [0.3, 0.4) is 0 Å². The van der Waals surface area contributed by atoms with Gasteiger partial charge in [-0.1, -0.05) is 18.2 Å². The predicted octanol–water partition coefficient (Wildman–Crippen LogP) is 4.58. The topological polar surface area (TPSA) is 88.9 Å². The Kier molecular flexibility index (Phi) is 5.09. The van der Waals surface area contributed by atoms with E-state index in [2.05, 4.69) is 20.7 Å². The van der Waals surface area contributed by atoms with E-state index in [0.717, 1.165) is 11.0 Å². The molecule has 0 bridgehead atoms. The monoisotopic (exact) mass is 405 g/mol. The summed E-state index contributed by atoms with van der Waals surface area (Å²) < 4.78 is 1.83. The average molecular weight is 405 g/mol. The first-order valence-electron chi connectivity index (χ1n) is 9.11. The first kappa shape index (κ1) is 18.8. The van der Waals surface area contributed by atoms with Crippen LogP contribution in [0.15, 0.2) is 60.2 Å². The molecule has 3 heterocycles. The van der Waals surface area contributed by atoms with E-state index in [-0.39, 0.29) is 17.9 Å². The van der Waals surface area contributed by atoms with E-state index in [4.69, 9.17) is 0 Å². The van der Waals surface area contributed by atoms with E-state index >= 15 is 0 Å². The number of rotatable bonds is 5. The number of carbonyl (C=O) groups is 2. The normalized spacial score (nSPS) is 11.0. The molecule has 0 atom stereocenters. The van der Waals surface area contributed by atoms with Crippen molar-refractivity contribution in [1.29, 1.82) is 0 Å². The number of benzene rings is 1. The van der Waals surface area contributed by atoms with Gasteiger partial charge in [-0.05, 0) is 43.5 Å². The van der Waals surface area contributed by atoms with Crippen LogP contribution >= 0.6 is 11.3 Å². The van der Waals surface area contributed by atoms with Gasteiger partial charge in [0.05, 0.1) is 34.2 Å². The molecule has 2 amide bonds. The van der Waals surface area contributed by atoms with Crippen molar-refractivity contribution in [3.05, 3.63) is 70.7 Å². The molecule has 8 heteroatoms. The number of fused-ring (bicyclic) bond motifs is 1. The van der Waals surface area contributed by atoms with Gasteiger partial charge in [-0.15, -0.1) is 11.3 Å². The molecule has 0 fully saturated rings. The third-order valence-electron chi connectivity index (χ3n) is 4.35. The Morgan fingerprint density at radius 2 is 1.86 bits per heavy atom. The molecular formula is C21H19N5O2S. The summed E-state index contributed by atoms with van der Waals surface area (Å²) in [5, 5.41) is 12.7. The highest BCUT2D eigenvalue weighted by Crippen LogP contribution is 2.22. The summed E-state index contributed by atoms with van der Waals surface area (Å²) in [6, 6.07) is 12.5. The minimum absolute atomic E-state index is 0.194. The lowest BCUT2D eigenvalue weighted by molar-refractivity contribution is 0.102. The fraction of sp³-hybridized carbons (Fsp3) is 0.143. The standard InChI is InChI=1S/C21H19N5O2S/c1-13(2)26-19-14(11-23-26)10-15(12-22-19)24-20(27)16-6-3-4-7-17(16)25-21(28)18-8-5-9-29-18/h3-13H,1-2H3,(H,24,27)(H,25,28). The second-order valence-corrected chi connectivity index (χ2v) is 7.70. The van der Waals surface area contributed by atoms with Crippen LogP contribution in [0.2, 0.25) is 0 Å². The molecule has 4 aromatic rings. The van der Waals surface area contributed by atoms with Crippen molar-refractivity contribution in [2.75, 3.05) is 10.6 Å². The molecule has 0 radical (unpaired) electrons. The Balaban J connectivity index is 1.56. The van der Waals surface area contributed by atoms with Gasteiger partial charge in [0.25, 0.3) is 11.8 Å². The third kappa shape index (κ3) is 3.88. The number of nitrogens with one attached hydrogen (secondary N) is 2. The van der Waals surface area contributed by atoms with Crippen molar-refractivity contribution < 1.29 is 9.59 Å². The first-order chi connectivity index (χ1) is 14.0. The van der Waals surface area contributed by atoms with Gasteiger partial charge in [0.1, 0.15) is 0 Å². The van der Waals surface area contributed by atoms with Crippen LogP contribution < -0.4 is 10.6 Å². The lowest BCUT2D eigenvalue weighted by Gasteiger charge is -2.11. The molecule has 4 rings (SSSR count). The van der Waals surface area contributed by atoms with Crippen molar-refractivity contribution >= 4 is 45.6 Å². The van der Waals surface area contributed by atoms with Crippen LogP contribution in [0.25, 0.3) is 11.0 Å². The number of para-hydroxylation sites is 1. The molecule has 0 saturated heterocycles. The fourth-order valence-electron chi connectivity index (χ4n) is 2.97. The third-order valence-corrected chi connectivity index (χ3v) is 5.21. The number of hydrogen-bond acceptors (Lipinski definition) is 5. The van der Waals surface area contributed by atoms with Crippen LogP contribution in [0.1, 0.15) is 39.9 Å². The highest BCUT2D eigenvalue weighted by Gasteiger charge is 2.16. The number of nitrogens with zero attached hydrogens (tertiary/aromatic N) is 3. The second kappa shape index (κ2) is 7.84. The molecule has 3 aromatic heterocycles. The van der Waals surface area contributed by atoms with E-state index in [0.29, 0.717) is 21.8 Å². The van der Waals surface area contributed by atoms with Gasteiger partial charge in [0.15, 0.2) is 5.65 Å². The molecule has 7 nitrogen and oxygen atoms in total. The Bertz CT molecular complexity index is 1180. The van der Waals surface area contributed by atoms with Gasteiger partial charge in [-0.2, -0.15) is 5.10 Å². The Hall–Kier alpha value is -3.52. The Labute approximate surface area is 171 Å². The summed E-state index contributed by atoms with van der Waals surface area (Å²) in [4.78, 5) is 30.2. The minimum Gasteiger partial charge on any atom is -0.321 e. The second-order valence-electron chi connectivity index (χ2n) is 6.75. The molecule has 0 saturated carbocycles. The zero-order valence-electron chi connectivity index (χ0n) is 15.9. The molecular weight excluding hydrogens is 386 g/mol. The number of thiophene rings is 1. The number of carbonyl (C=O) groups excluding carboxylic acids is 2. The van der Waals surface area contributed by atoms with Gasteiger partial charge in [0.2, 0.25) is 0 Å². The van der Waals surface area contributed by atoms with Crippen molar-refractivity contribution in [2.45, 2.75) is 19.9 Å². The molecule has 1 aromatic carbocycles. The maximum atomic E-state index is 12.8. The zero-order chi connectivity index (χ0) is 20.4. The van der Waals surface area contributed by atoms with Crippen LogP contribution in [-0.2, 0) is 0 Å². The molecule has 146 valence electrons. The summed E-state index contributed by atoms with van der Waals surface area (Å²) in [6.45, 7) is 4.07. The molecule has 29 heavy (non-hydrogen) atoms. The van der Waals surface area contributed by atoms with Gasteiger partial charge < -0.3 is 10.6 Å². The number of pyridine rings is 1. The quantitative estimate of drug-likeness (QED) is 0.509. The SMILES string of the molecule is CC(C)n1ncc2cc(NC(=O)c3ccccc3NC(=O)c3cccs3)cnc21. The van der Waals surface area contributed by atoms with Crippen LogP contribution in [0.5, 0.6) is 0 Å². The smallest absolute Gasteiger partial charge is 0.265 e. The van der Waals surface area contributed by atoms with E-state index in [1.54, 1.807) is 42.7 Å². The van der Waals surface area contributed by atoms with E-state index in [9.17, 15) is 9.59 Å². The van der Waals surface area contributed by atoms with E-state index in [1.807, 2.05) is 36.0 Å². The zero-order valence-corrected chi connectivity index (χ0v) is 16.7. The molecule has 0 unspecified atom stereocenters. The molecule has 0 spiro atoms. The maximum Gasteiger partial charge on any atom is 0.265 e. The predicted molar refractivity (Wildman–Crippen MR) is 115 cm³/mol. The number of anilines is 2. The summed E-state index contributed by atoms with van der Waals surface area (Å²) in [6.07, 6.45) is 3.33.